The molecule has 0 saturated carbocycles. The van der Waals surface area contributed by atoms with Gasteiger partial charge in [0.15, 0.2) is 0 Å². The van der Waals surface area contributed by atoms with Crippen molar-refractivity contribution < 1.29 is 0 Å². The van der Waals surface area contributed by atoms with Gasteiger partial charge in [-0.3, -0.25) is 4.57 Å². The molecule has 3 rings (SSSR count). The maximum absolute atomic E-state index is 12.1. The van der Waals surface area contributed by atoms with Crippen LogP contribution >= 0.6 is 0 Å². The van der Waals surface area contributed by atoms with Gasteiger partial charge in [0.2, 0.25) is 0 Å². The van der Waals surface area contributed by atoms with Crippen LogP contribution in [0.1, 0.15) is 31.0 Å². The Morgan fingerprint density at radius 1 is 1.25 bits per heavy atom. The Bertz CT molecular complexity index is 673. The van der Waals surface area contributed by atoms with E-state index in [4.69, 9.17) is 0 Å². The normalized spacial score (nSPS) is 22.4. The third-order valence-electron chi connectivity index (χ3n) is 4.36. The first-order chi connectivity index (χ1) is 9.51. The molecule has 0 radical (unpaired) electrons. The number of rotatable bonds is 2. The predicted octanol–water partition coefficient (Wildman–Crippen LogP) is 2.08. The zero-order valence-electron chi connectivity index (χ0n) is 12.3. The van der Waals surface area contributed by atoms with E-state index in [1.54, 1.807) is 16.2 Å². The molecule has 2 heterocycles. The van der Waals surface area contributed by atoms with Gasteiger partial charge in [0.25, 0.3) is 0 Å². The highest BCUT2D eigenvalue weighted by Gasteiger charge is 2.29. The molecule has 0 aliphatic carbocycles. The van der Waals surface area contributed by atoms with E-state index >= 15 is 0 Å². The zero-order valence-corrected chi connectivity index (χ0v) is 12.3. The molecule has 20 heavy (non-hydrogen) atoms. The summed E-state index contributed by atoms with van der Waals surface area (Å²) in [5.74, 6) is 0. The minimum Gasteiger partial charge on any atom is -0.308 e. The van der Waals surface area contributed by atoms with Gasteiger partial charge in [-0.25, -0.2) is 4.79 Å². The molecular formula is C16H21N3O. The molecule has 1 unspecified atom stereocenters. The third kappa shape index (κ3) is 2.00. The summed E-state index contributed by atoms with van der Waals surface area (Å²) in [6.45, 7) is 5.28. The van der Waals surface area contributed by atoms with Crippen molar-refractivity contribution in [1.29, 1.82) is 0 Å². The van der Waals surface area contributed by atoms with Crippen molar-refractivity contribution in [3.63, 3.8) is 0 Å². The van der Waals surface area contributed by atoms with Crippen LogP contribution in [0.15, 0.2) is 35.3 Å². The van der Waals surface area contributed by atoms with E-state index in [1.807, 2.05) is 25.3 Å². The molecule has 1 aromatic carbocycles. The molecule has 1 fully saturated rings. The van der Waals surface area contributed by atoms with Crippen molar-refractivity contribution in [2.75, 3.05) is 6.54 Å². The molecule has 1 N–H and O–H groups in total. The van der Waals surface area contributed by atoms with Crippen molar-refractivity contribution in [3.8, 4) is 5.69 Å². The minimum atomic E-state index is 0.000420. The van der Waals surface area contributed by atoms with Gasteiger partial charge in [0, 0.05) is 24.5 Å². The highest BCUT2D eigenvalue weighted by atomic mass is 16.1. The van der Waals surface area contributed by atoms with E-state index in [2.05, 4.69) is 24.4 Å². The van der Waals surface area contributed by atoms with Crippen LogP contribution in [0.2, 0.25) is 0 Å². The van der Waals surface area contributed by atoms with E-state index in [1.165, 1.54) is 12.0 Å². The van der Waals surface area contributed by atoms with E-state index in [0.29, 0.717) is 0 Å². The summed E-state index contributed by atoms with van der Waals surface area (Å²) in [5, 5.41) is 3.56. The van der Waals surface area contributed by atoms with Gasteiger partial charge in [-0.05, 0) is 50.9 Å². The second kappa shape index (κ2) is 4.63. The Morgan fingerprint density at radius 2 is 1.95 bits per heavy atom. The van der Waals surface area contributed by atoms with Crippen molar-refractivity contribution in [2.45, 2.75) is 32.2 Å². The molecule has 0 amide bonds. The first-order valence-electron chi connectivity index (χ1n) is 7.12. The number of nitrogens with zero attached hydrogens (tertiary/aromatic N) is 2. The van der Waals surface area contributed by atoms with Gasteiger partial charge in [0.1, 0.15) is 0 Å². The van der Waals surface area contributed by atoms with E-state index in [9.17, 15) is 4.79 Å². The van der Waals surface area contributed by atoms with E-state index in [-0.39, 0.29) is 11.2 Å². The molecule has 1 aliphatic heterocycles. The second-order valence-corrected chi connectivity index (χ2v) is 5.91. The highest BCUT2D eigenvalue weighted by Crippen LogP contribution is 2.30. The van der Waals surface area contributed by atoms with Gasteiger partial charge in [-0.2, -0.15) is 0 Å². The average molecular weight is 271 g/mol. The lowest BCUT2D eigenvalue weighted by molar-refractivity contribution is 0.435. The van der Waals surface area contributed by atoms with Gasteiger partial charge in [-0.15, -0.1) is 0 Å². The Labute approximate surface area is 119 Å². The number of nitrogens with one attached hydrogen (secondary N) is 1. The smallest absolute Gasteiger partial charge is 0.308 e. The SMILES string of the molecule is Cc1cn(C)c(=O)n1-c1ccc(C2(C)CCCN2)cc1. The summed E-state index contributed by atoms with van der Waals surface area (Å²) in [6.07, 6.45) is 4.24. The predicted molar refractivity (Wildman–Crippen MR) is 80.3 cm³/mol. The fourth-order valence-corrected chi connectivity index (χ4v) is 3.14. The van der Waals surface area contributed by atoms with Gasteiger partial charge >= 0.3 is 5.69 Å². The van der Waals surface area contributed by atoms with Crippen LogP contribution in [0, 0.1) is 6.92 Å². The lowest BCUT2D eigenvalue weighted by Gasteiger charge is -2.25. The fourth-order valence-electron chi connectivity index (χ4n) is 3.14. The van der Waals surface area contributed by atoms with Gasteiger partial charge in [-0.1, -0.05) is 12.1 Å². The van der Waals surface area contributed by atoms with Crippen LogP contribution in [0.4, 0.5) is 0 Å². The Hall–Kier alpha value is -1.81. The minimum absolute atomic E-state index is 0.000420. The van der Waals surface area contributed by atoms with Crippen LogP contribution in [0.25, 0.3) is 5.69 Å². The molecule has 0 bridgehead atoms. The summed E-state index contributed by atoms with van der Waals surface area (Å²) in [7, 11) is 1.78. The van der Waals surface area contributed by atoms with E-state index in [0.717, 1.165) is 24.3 Å². The fraction of sp³-hybridized carbons (Fsp3) is 0.438. The number of benzene rings is 1. The van der Waals surface area contributed by atoms with Crippen molar-refractivity contribution in [3.05, 3.63) is 52.2 Å². The van der Waals surface area contributed by atoms with Crippen LogP contribution in [-0.4, -0.2) is 15.7 Å². The molecule has 1 atom stereocenters. The topological polar surface area (TPSA) is 39.0 Å². The number of aryl methyl sites for hydroxylation is 2. The number of aromatic nitrogens is 2. The quantitative estimate of drug-likeness (QED) is 0.908. The summed E-state index contributed by atoms with van der Waals surface area (Å²) >= 11 is 0. The maximum Gasteiger partial charge on any atom is 0.332 e. The molecule has 2 aromatic rings. The van der Waals surface area contributed by atoms with Gasteiger partial charge < -0.3 is 9.88 Å². The molecule has 1 aromatic heterocycles. The Balaban J connectivity index is 1.99. The largest absolute Gasteiger partial charge is 0.332 e. The second-order valence-electron chi connectivity index (χ2n) is 5.91. The first kappa shape index (κ1) is 13.2. The van der Waals surface area contributed by atoms with Crippen molar-refractivity contribution >= 4 is 0 Å². The summed E-state index contributed by atoms with van der Waals surface area (Å²) in [6, 6.07) is 8.34. The molecule has 4 heteroatoms. The molecule has 4 nitrogen and oxygen atoms in total. The van der Waals surface area contributed by atoms with Crippen molar-refractivity contribution in [2.24, 2.45) is 7.05 Å². The molecule has 106 valence electrons. The molecule has 1 aliphatic rings. The van der Waals surface area contributed by atoms with Crippen LogP contribution in [-0.2, 0) is 12.6 Å². The molecule has 0 spiro atoms. The standard InChI is InChI=1S/C16H21N3O/c1-12-11-18(3)15(20)19(12)14-7-5-13(6-8-14)16(2)9-4-10-17-16/h5-8,11,17H,4,9-10H2,1-3H3. The van der Waals surface area contributed by atoms with Crippen LogP contribution in [0.3, 0.4) is 0 Å². The number of hydrogen-bond donors (Lipinski definition) is 1. The highest BCUT2D eigenvalue weighted by molar-refractivity contribution is 5.38. The Morgan fingerprint density at radius 3 is 2.45 bits per heavy atom. The maximum atomic E-state index is 12.1. The lowest BCUT2D eigenvalue weighted by Crippen LogP contribution is -2.33. The van der Waals surface area contributed by atoms with Crippen LogP contribution < -0.4 is 11.0 Å². The molecular weight excluding hydrogens is 250 g/mol. The molecule has 1 saturated heterocycles. The van der Waals surface area contributed by atoms with Crippen LogP contribution in [0.5, 0.6) is 0 Å². The number of imidazole rings is 1. The first-order valence-corrected chi connectivity index (χ1v) is 7.12. The Kier molecular flexibility index (Phi) is 3.05. The zero-order chi connectivity index (χ0) is 14.3. The van der Waals surface area contributed by atoms with E-state index < -0.39 is 0 Å². The lowest BCUT2D eigenvalue weighted by atomic mass is 9.90. The summed E-state index contributed by atoms with van der Waals surface area (Å²) in [5.41, 5.74) is 3.25. The monoisotopic (exact) mass is 271 g/mol. The number of hydrogen-bond acceptors (Lipinski definition) is 2. The summed E-state index contributed by atoms with van der Waals surface area (Å²) < 4.78 is 3.36. The van der Waals surface area contributed by atoms with Gasteiger partial charge in [0.05, 0.1) is 5.69 Å². The summed E-state index contributed by atoms with van der Waals surface area (Å²) in [4.78, 5) is 12.1. The van der Waals surface area contributed by atoms with Crippen molar-refractivity contribution in [1.82, 2.24) is 14.5 Å². The third-order valence-corrected chi connectivity index (χ3v) is 4.36. The average Bonchev–Trinajstić information content (AvgIpc) is 2.97.